The molecule has 0 saturated carbocycles. The van der Waals surface area contributed by atoms with Gasteiger partial charge >= 0.3 is 0 Å². The van der Waals surface area contributed by atoms with Crippen LogP contribution in [0.5, 0.6) is 5.75 Å². The Morgan fingerprint density at radius 2 is 1.55 bits per heavy atom. The average molecular weight is 308 g/mol. The predicted molar refractivity (Wildman–Crippen MR) is 79.4 cm³/mol. The first-order chi connectivity index (χ1) is 10.7. The van der Waals surface area contributed by atoms with Crippen molar-refractivity contribution in [3.63, 3.8) is 0 Å². The lowest BCUT2D eigenvalue weighted by molar-refractivity contribution is -0.300. The van der Waals surface area contributed by atoms with Crippen LogP contribution in [0.15, 0.2) is 36.4 Å². The number of halogens is 2. The third kappa shape index (κ3) is 3.81. The summed E-state index contributed by atoms with van der Waals surface area (Å²) in [5, 5.41) is 0. The Morgan fingerprint density at radius 1 is 0.818 bits per heavy atom. The van der Waals surface area contributed by atoms with E-state index in [1.165, 1.54) is 12.1 Å². The molecule has 22 heavy (non-hydrogen) atoms. The molecule has 5 heteroatoms. The molecular formula is C17H18F2O3. The largest absolute Gasteiger partial charge is 0.491 e. The van der Waals surface area contributed by atoms with Crippen molar-refractivity contribution in [2.75, 3.05) is 13.2 Å². The Hall–Kier alpha value is -1.98. The van der Waals surface area contributed by atoms with Gasteiger partial charge in [-0.05, 0) is 37.1 Å². The Morgan fingerprint density at radius 3 is 2.18 bits per heavy atom. The summed E-state index contributed by atoms with van der Waals surface area (Å²) < 4.78 is 33.0. The molecule has 0 fully saturated rings. The fourth-order valence-electron chi connectivity index (χ4n) is 2.00. The normalized spacial score (nSPS) is 10.7. The van der Waals surface area contributed by atoms with Gasteiger partial charge in [0.05, 0.1) is 13.2 Å². The molecule has 0 aromatic heterocycles. The second-order valence-electron chi connectivity index (χ2n) is 4.54. The Labute approximate surface area is 128 Å². The van der Waals surface area contributed by atoms with E-state index in [4.69, 9.17) is 14.5 Å². The molecule has 2 aromatic rings. The molecule has 118 valence electrons. The minimum atomic E-state index is -0.969. The van der Waals surface area contributed by atoms with Gasteiger partial charge in [0, 0.05) is 5.56 Å². The summed E-state index contributed by atoms with van der Waals surface area (Å²) in [4.78, 5) is 9.75. The van der Waals surface area contributed by atoms with Crippen molar-refractivity contribution in [1.29, 1.82) is 0 Å². The third-order valence-corrected chi connectivity index (χ3v) is 3.04. The van der Waals surface area contributed by atoms with E-state index in [0.29, 0.717) is 18.8 Å². The molecule has 0 aliphatic rings. The molecule has 2 rings (SSSR count). The van der Waals surface area contributed by atoms with Gasteiger partial charge in [-0.3, -0.25) is 0 Å². The van der Waals surface area contributed by atoms with Crippen LogP contribution in [-0.4, -0.2) is 13.2 Å². The average Bonchev–Trinajstić information content (AvgIpc) is 2.53. The van der Waals surface area contributed by atoms with Crippen molar-refractivity contribution in [1.82, 2.24) is 0 Å². The fraction of sp³-hybridized carbons (Fsp3) is 0.294. The standard InChI is InChI=1S/C17H18F2O3/c1-3-20-15-10-9-14(16(18)17(15)19)13-7-5-12(6-8-13)11-22-21-4-2/h5-10H,3-4,11H2,1-2H3. The van der Waals surface area contributed by atoms with E-state index in [2.05, 4.69) is 0 Å². The summed E-state index contributed by atoms with van der Waals surface area (Å²) in [5.74, 6) is -1.96. The van der Waals surface area contributed by atoms with Crippen molar-refractivity contribution in [3.05, 3.63) is 53.6 Å². The quantitative estimate of drug-likeness (QED) is 0.428. The molecule has 0 saturated heterocycles. The van der Waals surface area contributed by atoms with Crippen LogP contribution in [0.4, 0.5) is 8.78 Å². The SMILES string of the molecule is CCOOCc1ccc(-c2ccc(OCC)c(F)c2F)cc1. The smallest absolute Gasteiger partial charge is 0.201 e. The number of rotatable bonds is 7. The van der Waals surface area contributed by atoms with Crippen LogP contribution in [-0.2, 0) is 16.4 Å². The maximum absolute atomic E-state index is 14.1. The first-order valence-corrected chi connectivity index (χ1v) is 7.11. The van der Waals surface area contributed by atoms with Crippen LogP contribution in [0, 0.1) is 11.6 Å². The molecule has 0 heterocycles. The van der Waals surface area contributed by atoms with Gasteiger partial charge < -0.3 is 4.74 Å². The fourth-order valence-corrected chi connectivity index (χ4v) is 2.00. The van der Waals surface area contributed by atoms with E-state index in [-0.39, 0.29) is 17.9 Å². The highest BCUT2D eigenvalue weighted by Crippen LogP contribution is 2.30. The van der Waals surface area contributed by atoms with E-state index >= 15 is 0 Å². The van der Waals surface area contributed by atoms with Gasteiger partial charge in [-0.25, -0.2) is 14.2 Å². The highest BCUT2D eigenvalue weighted by molar-refractivity contribution is 5.65. The molecule has 0 radical (unpaired) electrons. The highest BCUT2D eigenvalue weighted by atomic mass is 19.2. The van der Waals surface area contributed by atoms with Crippen molar-refractivity contribution in [2.45, 2.75) is 20.5 Å². The van der Waals surface area contributed by atoms with Gasteiger partial charge in [-0.1, -0.05) is 24.3 Å². The predicted octanol–water partition coefficient (Wildman–Crippen LogP) is 4.50. The number of ether oxygens (including phenoxy) is 1. The monoisotopic (exact) mass is 308 g/mol. The first-order valence-electron chi connectivity index (χ1n) is 7.11. The van der Waals surface area contributed by atoms with Crippen molar-refractivity contribution in [2.24, 2.45) is 0 Å². The van der Waals surface area contributed by atoms with Gasteiger partial charge in [-0.15, -0.1) is 0 Å². The zero-order chi connectivity index (χ0) is 15.9. The van der Waals surface area contributed by atoms with Crippen molar-refractivity contribution in [3.8, 4) is 16.9 Å². The summed E-state index contributed by atoms with van der Waals surface area (Å²) in [6, 6.07) is 9.93. The molecular weight excluding hydrogens is 290 g/mol. The van der Waals surface area contributed by atoms with Crippen molar-refractivity contribution < 1.29 is 23.3 Å². The lowest BCUT2D eigenvalue weighted by atomic mass is 10.0. The van der Waals surface area contributed by atoms with Crippen LogP contribution in [0.25, 0.3) is 11.1 Å². The minimum Gasteiger partial charge on any atom is -0.491 e. The van der Waals surface area contributed by atoms with E-state index in [1.807, 2.05) is 6.92 Å². The van der Waals surface area contributed by atoms with Gasteiger partial charge in [0.15, 0.2) is 11.6 Å². The molecule has 0 aliphatic heterocycles. The zero-order valence-electron chi connectivity index (χ0n) is 12.6. The molecule has 2 aromatic carbocycles. The topological polar surface area (TPSA) is 27.7 Å². The maximum Gasteiger partial charge on any atom is 0.201 e. The molecule has 0 atom stereocenters. The second kappa shape index (κ2) is 7.87. The van der Waals surface area contributed by atoms with Gasteiger partial charge in [0.2, 0.25) is 5.82 Å². The summed E-state index contributed by atoms with van der Waals surface area (Å²) >= 11 is 0. The number of benzene rings is 2. The van der Waals surface area contributed by atoms with Crippen LogP contribution >= 0.6 is 0 Å². The summed E-state index contributed by atoms with van der Waals surface area (Å²) in [6.07, 6.45) is 0. The lowest BCUT2D eigenvalue weighted by Crippen LogP contribution is -1.99. The Kier molecular flexibility index (Phi) is 5.86. The van der Waals surface area contributed by atoms with Crippen LogP contribution < -0.4 is 4.74 Å². The molecule has 0 bridgehead atoms. The van der Waals surface area contributed by atoms with E-state index in [0.717, 1.165) is 5.56 Å². The van der Waals surface area contributed by atoms with E-state index in [9.17, 15) is 8.78 Å². The third-order valence-electron chi connectivity index (χ3n) is 3.04. The highest BCUT2D eigenvalue weighted by Gasteiger charge is 2.15. The molecule has 0 N–H and O–H groups in total. The zero-order valence-corrected chi connectivity index (χ0v) is 12.6. The Balaban J connectivity index is 2.19. The van der Waals surface area contributed by atoms with Crippen molar-refractivity contribution >= 4 is 0 Å². The summed E-state index contributed by atoms with van der Waals surface area (Å²) in [6.45, 7) is 4.59. The van der Waals surface area contributed by atoms with Gasteiger partial charge in [0.25, 0.3) is 0 Å². The van der Waals surface area contributed by atoms with Crippen LogP contribution in [0.1, 0.15) is 19.4 Å². The Bertz CT molecular complexity index is 612. The molecule has 0 spiro atoms. The number of hydrogen-bond acceptors (Lipinski definition) is 3. The molecule has 0 aliphatic carbocycles. The van der Waals surface area contributed by atoms with Crippen LogP contribution in [0.2, 0.25) is 0 Å². The van der Waals surface area contributed by atoms with E-state index in [1.54, 1.807) is 31.2 Å². The molecule has 0 unspecified atom stereocenters. The van der Waals surface area contributed by atoms with Gasteiger partial charge in [0.1, 0.15) is 6.61 Å². The summed E-state index contributed by atoms with van der Waals surface area (Å²) in [5.41, 5.74) is 1.65. The molecule has 3 nitrogen and oxygen atoms in total. The minimum absolute atomic E-state index is 0.0783. The second-order valence-corrected chi connectivity index (χ2v) is 4.54. The molecule has 0 amide bonds. The first kappa shape index (κ1) is 16.4. The van der Waals surface area contributed by atoms with Crippen LogP contribution in [0.3, 0.4) is 0 Å². The van der Waals surface area contributed by atoms with E-state index < -0.39 is 11.6 Å². The number of hydrogen-bond donors (Lipinski definition) is 0. The maximum atomic E-state index is 14.1. The summed E-state index contributed by atoms with van der Waals surface area (Å²) in [7, 11) is 0. The van der Waals surface area contributed by atoms with Gasteiger partial charge in [-0.2, -0.15) is 4.39 Å². The lowest BCUT2D eigenvalue weighted by Gasteiger charge is -2.10.